The molecule has 1 aromatic heterocycles. The summed E-state index contributed by atoms with van der Waals surface area (Å²) in [4.78, 5) is 0.972. The van der Waals surface area contributed by atoms with Crippen molar-refractivity contribution >= 4 is 23.4 Å². The quantitative estimate of drug-likeness (QED) is 0.924. The highest BCUT2D eigenvalue weighted by molar-refractivity contribution is 7.99. The molecule has 2 aromatic rings. The van der Waals surface area contributed by atoms with Gasteiger partial charge >= 0.3 is 0 Å². The predicted octanol–water partition coefficient (Wildman–Crippen LogP) is 2.68. The molecule has 4 nitrogen and oxygen atoms in total. The van der Waals surface area contributed by atoms with Crippen LogP contribution in [0.4, 0.5) is 0 Å². The Morgan fingerprint density at radius 3 is 2.82 bits per heavy atom. The highest BCUT2D eigenvalue weighted by atomic mass is 35.5. The molecule has 0 unspecified atom stereocenters. The van der Waals surface area contributed by atoms with Crippen LogP contribution in [0, 0.1) is 6.92 Å². The van der Waals surface area contributed by atoms with Gasteiger partial charge in [0.15, 0.2) is 0 Å². The topological polar surface area (TPSA) is 64.9 Å². The van der Waals surface area contributed by atoms with Gasteiger partial charge in [-0.2, -0.15) is 0 Å². The molecule has 90 valence electrons. The average molecular weight is 270 g/mol. The Kier molecular flexibility index (Phi) is 4.04. The number of halogens is 1. The summed E-state index contributed by atoms with van der Waals surface area (Å²) >= 11 is 7.54. The molecule has 0 saturated heterocycles. The zero-order valence-electron chi connectivity index (χ0n) is 9.31. The fourth-order valence-electron chi connectivity index (χ4n) is 1.37. The van der Waals surface area contributed by atoms with Gasteiger partial charge in [0.05, 0.1) is 0 Å². The number of rotatable bonds is 4. The van der Waals surface area contributed by atoms with E-state index in [9.17, 15) is 0 Å². The predicted molar refractivity (Wildman–Crippen MR) is 67.4 cm³/mol. The zero-order chi connectivity index (χ0) is 12.3. The van der Waals surface area contributed by atoms with Gasteiger partial charge in [-0.1, -0.05) is 17.7 Å². The van der Waals surface area contributed by atoms with E-state index >= 15 is 0 Å². The van der Waals surface area contributed by atoms with Gasteiger partial charge in [-0.3, -0.25) is 0 Å². The minimum atomic E-state index is 0.519. The molecule has 1 heterocycles. The molecule has 1 aromatic carbocycles. The maximum Gasteiger partial charge on any atom is 0.281 e. The van der Waals surface area contributed by atoms with E-state index in [1.165, 1.54) is 11.8 Å². The van der Waals surface area contributed by atoms with Crippen molar-refractivity contribution in [2.24, 2.45) is 5.73 Å². The third kappa shape index (κ3) is 3.21. The Morgan fingerprint density at radius 1 is 1.41 bits per heavy atom. The number of aryl methyl sites for hydroxylation is 1. The molecule has 0 radical (unpaired) electrons. The second-order valence-electron chi connectivity index (χ2n) is 3.48. The highest BCUT2D eigenvalue weighted by Crippen LogP contribution is 2.30. The summed E-state index contributed by atoms with van der Waals surface area (Å²) in [6, 6.07) is 5.83. The summed E-state index contributed by atoms with van der Waals surface area (Å²) in [6.45, 7) is 2.35. The van der Waals surface area contributed by atoms with E-state index < -0.39 is 0 Å². The molecule has 0 spiro atoms. The molecule has 6 heteroatoms. The standard InChI is InChI=1S/C11H12ClN3OS/c1-7-14-15-11(16-7)17-9-3-2-8(4-5-13)10(12)6-9/h2-3,6H,4-5,13H2,1H3. The van der Waals surface area contributed by atoms with E-state index in [0.29, 0.717) is 17.7 Å². The maximum atomic E-state index is 6.14. The summed E-state index contributed by atoms with van der Waals surface area (Å²) < 4.78 is 5.28. The van der Waals surface area contributed by atoms with Gasteiger partial charge in [-0.05, 0) is 42.4 Å². The van der Waals surface area contributed by atoms with Crippen LogP contribution in [-0.4, -0.2) is 16.7 Å². The summed E-state index contributed by atoms with van der Waals surface area (Å²) in [5.74, 6) is 0.554. The summed E-state index contributed by atoms with van der Waals surface area (Å²) in [6.07, 6.45) is 0.781. The average Bonchev–Trinajstić information content (AvgIpc) is 2.68. The Hall–Kier alpha value is -1.04. The third-order valence-corrected chi connectivity index (χ3v) is 3.33. The van der Waals surface area contributed by atoms with Crippen LogP contribution < -0.4 is 5.73 Å². The first-order chi connectivity index (χ1) is 8.19. The van der Waals surface area contributed by atoms with E-state index in [1.807, 2.05) is 18.2 Å². The van der Waals surface area contributed by atoms with Crippen molar-refractivity contribution in [1.82, 2.24) is 10.2 Å². The van der Waals surface area contributed by atoms with Gasteiger partial charge in [0.1, 0.15) is 0 Å². The smallest absolute Gasteiger partial charge is 0.281 e. The van der Waals surface area contributed by atoms with Crippen LogP contribution in [0.25, 0.3) is 0 Å². The van der Waals surface area contributed by atoms with Crippen molar-refractivity contribution in [3.63, 3.8) is 0 Å². The lowest BCUT2D eigenvalue weighted by Crippen LogP contribution is -2.02. The molecule has 2 rings (SSSR count). The van der Waals surface area contributed by atoms with Crippen molar-refractivity contribution in [3.8, 4) is 0 Å². The van der Waals surface area contributed by atoms with E-state index in [2.05, 4.69) is 10.2 Å². The number of hydrogen-bond donors (Lipinski definition) is 1. The van der Waals surface area contributed by atoms with E-state index in [4.69, 9.17) is 21.8 Å². The van der Waals surface area contributed by atoms with Crippen LogP contribution in [0.1, 0.15) is 11.5 Å². The molecule has 17 heavy (non-hydrogen) atoms. The largest absolute Gasteiger partial charge is 0.416 e. The number of hydrogen-bond acceptors (Lipinski definition) is 5. The summed E-state index contributed by atoms with van der Waals surface area (Å²) in [7, 11) is 0. The first-order valence-electron chi connectivity index (χ1n) is 5.15. The fourth-order valence-corrected chi connectivity index (χ4v) is 2.47. The lowest BCUT2D eigenvalue weighted by molar-refractivity contribution is 0.429. The SMILES string of the molecule is Cc1nnc(Sc2ccc(CCN)c(Cl)c2)o1. The van der Waals surface area contributed by atoms with Crippen molar-refractivity contribution in [3.05, 3.63) is 34.7 Å². The van der Waals surface area contributed by atoms with Gasteiger partial charge < -0.3 is 10.2 Å². The normalized spacial score (nSPS) is 10.8. The molecule has 2 N–H and O–H groups in total. The van der Waals surface area contributed by atoms with Gasteiger partial charge in [-0.15, -0.1) is 10.2 Å². The van der Waals surface area contributed by atoms with Crippen LogP contribution >= 0.6 is 23.4 Å². The lowest BCUT2D eigenvalue weighted by atomic mass is 10.1. The lowest BCUT2D eigenvalue weighted by Gasteiger charge is -2.04. The number of aromatic nitrogens is 2. The second-order valence-corrected chi connectivity index (χ2v) is 4.91. The third-order valence-electron chi connectivity index (χ3n) is 2.15. The van der Waals surface area contributed by atoms with Gasteiger partial charge in [0.2, 0.25) is 5.89 Å². The molecular weight excluding hydrogens is 258 g/mol. The van der Waals surface area contributed by atoms with E-state index in [1.54, 1.807) is 6.92 Å². The van der Waals surface area contributed by atoms with E-state index in [-0.39, 0.29) is 0 Å². The first-order valence-corrected chi connectivity index (χ1v) is 6.35. The summed E-state index contributed by atoms with van der Waals surface area (Å²) in [5, 5.41) is 8.92. The minimum absolute atomic E-state index is 0.519. The molecule has 0 fully saturated rings. The van der Waals surface area contributed by atoms with Crippen LogP contribution in [0.2, 0.25) is 5.02 Å². The molecular formula is C11H12ClN3OS. The van der Waals surface area contributed by atoms with Crippen LogP contribution in [0.15, 0.2) is 32.7 Å². The van der Waals surface area contributed by atoms with Crippen LogP contribution in [0.5, 0.6) is 0 Å². The molecule has 0 saturated carbocycles. The molecule has 0 aliphatic rings. The molecule has 0 aliphatic heterocycles. The van der Waals surface area contributed by atoms with Crippen LogP contribution in [-0.2, 0) is 6.42 Å². The monoisotopic (exact) mass is 269 g/mol. The van der Waals surface area contributed by atoms with Gasteiger partial charge in [0.25, 0.3) is 5.22 Å². The number of nitrogens with two attached hydrogens (primary N) is 1. The van der Waals surface area contributed by atoms with Gasteiger partial charge in [0, 0.05) is 16.8 Å². The fraction of sp³-hybridized carbons (Fsp3) is 0.273. The Bertz CT molecular complexity index is 515. The van der Waals surface area contributed by atoms with Gasteiger partial charge in [-0.25, -0.2) is 0 Å². The number of benzene rings is 1. The first kappa shape index (κ1) is 12.4. The Morgan fingerprint density at radius 2 is 2.24 bits per heavy atom. The van der Waals surface area contributed by atoms with Crippen molar-refractivity contribution in [2.75, 3.05) is 6.54 Å². The minimum Gasteiger partial charge on any atom is -0.416 e. The summed E-state index contributed by atoms with van der Waals surface area (Å²) in [5.41, 5.74) is 6.55. The zero-order valence-corrected chi connectivity index (χ0v) is 10.9. The Balaban J connectivity index is 2.14. The molecule has 0 atom stereocenters. The van der Waals surface area contributed by atoms with Crippen LogP contribution in [0.3, 0.4) is 0 Å². The number of nitrogens with zero attached hydrogens (tertiary/aromatic N) is 2. The molecule has 0 bridgehead atoms. The van der Waals surface area contributed by atoms with E-state index in [0.717, 1.165) is 21.9 Å². The Labute approximate surface area is 109 Å². The van der Waals surface area contributed by atoms with Crippen molar-refractivity contribution < 1.29 is 4.42 Å². The van der Waals surface area contributed by atoms with Crippen molar-refractivity contribution in [1.29, 1.82) is 0 Å². The highest BCUT2D eigenvalue weighted by Gasteiger charge is 2.07. The second kappa shape index (κ2) is 5.53. The molecule has 0 amide bonds. The van der Waals surface area contributed by atoms with Crippen molar-refractivity contribution in [2.45, 2.75) is 23.5 Å². The molecule has 0 aliphatic carbocycles. The maximum absolute atomic E-state index is 6.14.